The minimum absolute atomic E-state index is 0.162. The quantitative estimate of drug-likeness (QED) is 0.704. The second-order valence-corrected chi connectivity index (χ2v) is 9.15. The molecule has 26 heavy (non-hydrogen) atoms. The second kappa shape index (κ2) is 8.70. The number of sulfonamides is 1. The van der Waals surface area contributed by atoms with Gasteiger partial charge in [-0.25, -0.2) is 13.1 Å². The Balaban J connectivity index is 2.01. The molecule has 0 atom stereocenters. The van der Waals surface area contributed by atoms with Crippen LogP contribution in [0.15, 0.2) is 52.3 Å². The molecule has 0 heterocycles. The number of hydrogen-bond donors (Lipinski definition) is 2. The van der Waals surface area contributed by atoms with Crippen LogP contribution in [0.3, 0.4) is 0 Å². The molecule has 0 spiro atoms. The number of rotatable bonds is 7. The van der Waals surface area contributed by atoms with Gasteiger partial charge in [0.15, 0.2) is 0 Å². The van der Waals surface area contributed by atoms with Crippen molar-refractivity contribution in [1.82, 2.24) is 4.72 Å². The number of benzene rings is 2. The lowest BCUT2D eigenvalue weighted by atomic mass is 10.0. The van der Waals surface area contributed by atoms with Crippen molar-refractivity contribution in [3.05, 3.63) is 53.6 Å². The summed E-state index contributed by atoms with van der Waals surface area (Å²) in [7, 11) is -2.20. The van der Waals surface area contributed by atoms with Gasteiger partial charge >= 0.3 is 0 Å². The molecule has 0 aliphatic carbocycles. The molecule has 2 rings (SSSR count). The van der Waals surface area contributed by atoms with Crippen molar-refractivity contribution < 1.29 is 13.2 Å². The van der Waals surface area contributed by atoms with Gasteiger partial charge < -0.3 is 5.32 Å². The van der Waals surface area contributed by atoms with Crippen molar-refractivity contribution in [2.24, 2.45) is 0 Å². The highest BCUT2D eigenvalue weighted by Gasteiger charge is 2.15. The minimum atomic E-state index is -3.56. The van der Waals surface area contributed by atoms with E-state index < -0.39 is 10.0 Å². The molecule has 0 unspecified atom stereocenters. The average Bonchev–Trinajstić information content (AvgIpc) is 2.61. The normalized spacial score (nSPS) is 11.6. The summed E-state index contributed by atoms with van der Waals surface area (Å²) >= 11 is 1.44. The molecule has 0 fully saturated rings. The van der Waals surface area contributed by atoms with Crippen LogP contribution in [-0.2, 0) is 14.8 Å². The van der Waals surface area contributed by atoms with E-state index in [4.69, 9.17) is 0 Å². The van der Waals surface area contributed by atoms with E-state index in [0.29, 0.717) is 17.2 Å². The van der Waals surface area contributed by atoms with Crippen LogP contribution < -0.4 is 10.0 Å². The number of carbonyl (C=O) groups is 1. The van der Waals surface area contributed by atoms with E-state index in [0.717, 1.165) is 4.90 Å². The van der Waals surface area contributed by atoms with Gasteiger partial charge in [-0.3, -0.25) is 4.79 Å². The molecule has 7 heteroatoms. The number of hydrogen-bond acceptors (Lipinski definition) is 4. The number of anilines is 1. The maximum atomic E-state index is 12.2. The van der Waals surface area contributed by atoms with Gasteiger partial charge in [0.05, 0.1) is 10.6 Å². The van der Waals surface area contributed by atoms with E-state index in [1.54, 1.807) is 19.1 Å². The molecule has 0 radical (unpaired) electrons. The maximum absolute atomic E-state index is 12.2. The van der Waals surface area contributed by atoms with Crippen molar-refractivity contribution in [3.63, 3.8) is 0 Å². The standard InChI is InChI=1S/C19H24N2O3S2/c1-13(2)15-6-9-17(10-7-15)25-12-19(22)21-16-8-5-14(3)18(11-16)26(23,24)20-4/h5-11,13,20H,12H2,1-4H3,(H,21,22). The fourth-order valence-corrected chi connectivity index (χ4v) is 4.06. The largest absolute Gasteiger partial charge is 0.325 e. The van der Waals surface area contributed by atoms with Gasteiger partial charge in [-0.2, -0.15) is 0 Å². The van der Waals surface area contributed by atoms with Crippen LogP contribution >= 0.6 is 11.8 Å². The highest BCUT2D eigenvalue weighted by atomic mass is 32.2. The highest BCUT2D eigenvalue weighted by Crippen LogP contribution is 2.23. The molecule has 2 N–H and O–H groups in total. The first-order valence-corrected chi connectivity index (χ1v) is 10.8. The Morgan fingerprint density at radius 3 is 2.35 bits per heavy atom. The molecule has 2 aromatic carbocycles. The van der Waals surface area contributed by atoms with Crippen LogP contribution in [0.5, 0.6) is 0 Å². The lowest BCUT2D eigenvalue weighted by molar-refractivity contribution is -0.113. The SMILES string of the molecule is CNS(=O)(=O)c1cc(NC(=O)CSc2ccc(C(C)C)cc2)ccc1C. The molecule has 2 aromatic rings. The smallest absolute Gasteiger partial charge is 0.240 e. The summed E-state index contributed by atoms with van der Waals surface area (Å²) in [4.78, 5) is 13.4. The van der Waals surface area contributed by atoms with Crippen LogP contribution in [0, 0.1) is 6.92 Å². The zero-order valence-electron chi connectivity index (χ0n) is 15.4. The van der Waals surface area contributed by atoms with Crippen LogP contribution in [0.1, 0.15) is 30.9 Å². The van der Waals surface area contributed by atoms with Crippen LogP contribution in [0.4, 0.5) is 5.69 Å². The first kappa shape index (κ1) is 20.5. The van der Waals surface area contributed by atoms with Crippen molar-refractivity contribution >= 4 is 33.4 Å². The van der Waals surface area contributed by atoms with Gasteiger partial charge in [0.2, 0.25) is 15.9 Å². The van der Waals surface area contributed by atoms with Crippen LogP contribution in [0.25, 0.3) is 0 Å². The fraction of sp³-hybridized carbons (Fsp3) is 0.316. The Labute approximate surface area is 159 Å². The molecule has 0 saturated carbocycles. The van der Waals surface area contributed by atoms with Crippen molar-refractivity contribution in [2.75, 3.05) is 18.1 Å². The van der Waals surface area contributed by atoms with E-state index in [2.05, 4.69) is 36.0 Å². The second-order valence-electron chi connectivity index (χ2n) is 6.25. The predicted molar refractivity (Wildman–Crippen MR) is 107 cm³/mol. The maximum Gasteiger partial charge on any atom is 0.240 e. The molecular formula is C19H24N2O3S2. The molecule has 1 amide bonds. The predicted octanol–water partition coefficient (Wildman–Crippen LogP) is 3.76. The van der Waals surface area contributed by atoms with Gasteiger partial charge in [0.25, 0.3) is 0 Å². The summed E-state index contributed by atoms with van der Waals surface area (Å²) in [5.74, 6) is 0.546. The van der Waals surface area contributed by atoms with Gasteiger partial charge in [0, 0.05) is 10.6 Å². The van der Waals surface area contributed by atoms with E-state index in [1.807, 2.05) is 12.1 Å². The third kappa shape index (κ3) is 5.33. The minimum Gasteiger partial charge on any atom is -0.325 e. The molecule has 0 aliphatic heterocycles. The summed E-state index contributed by atoms with van der Waals surface area (Å²) in [6, 6.07) is 13.0. The topological polar surface area (TPSA) is 75.3 Å². The zero-order chi connectivity index (χ0) is 19.3. The first-order chi connectivity index (χ1) is 12.2. The van der Waals surface area contributed by atoms with Crippen molar-refractivity contribution in [2.45, 2.75) is 36.5 Å². The van der Waals surface area contributed by atoms with Gasteiger partial charge in [-0.05, 0) is 55.3 Å². The summed E-state index contributed by atoms with van der Waals surface area (Å²) < 4.78 is 26.3. The Kier molecular flexibility index (Phi) is 6.86. The summed E-state index contributed by atoms with van der Waals surface area (Å²) in [6.07, 6.45) is 0. The third-order valence-electron chi connectivity index (χ3n) is 3.95. The van der Waals surface area contributed by atoms with Gasteiger partial charge in [-0.1, -0.05) is 32.0 Å². The Morgan fingerprint density at radius 1 is 1.12 bits per heavy atom. The van der Waals surface area contributed by atoms with E-state index in [-0.39, 0.29) is 16.6 Å². The fourth-order valence-electron chi connectivity index (χ4n) is 2.37. The number of nitrogens with one attached hydrogen (secondary N) is 2. The average molecular weight is 393 g/mol. The molecule has 0 saturated heterocycles. The number of thioether (sulfide) groups is 1. The Hall–Kier alpha value is -1.83. The third-order valence-corrected chi connectivity index (χ3v) is 6.52. The summed E-state index contributed by atoms with van der Waals surface area (Å²) in [5.41, 5.74) is 2.35. The molecule has 140 valence electrons. The first-order valence-electron chi connectivity index (χ1n) is 8.29. The lowest BCUT2D eigenvalue weighted by Gasteiger charge is -2.10. The van der Waals surface area contributed by atoms with Crippen molar-refractivity contribution in [1.29, 1.82) is 0 Å². The Bertz CT molecular complexity index is 876. The Morgan fingerprint density at radius 2 is 1.77 bits per heavy atom. The molecule has 0 aliphatic rings. The highest BCUT2D eigenvalue weighted by molar-refractivity contribution is 8.00. The van der Waals surface area contributed by atoms with Crippen LogP contribution in [-0.4, -0.2) is 27.1 Å². The summed E-state index contributed by atoms with van der Waals surface area (Å²) in [6.45, 7) is 5.99. The lowest BCUT2D eigenvalue weighted by Crippen LogP contribution is -2.20. The molecule has 0 aromatic heterocycles. The monoisotopic (exact) mass is 392 g/mol. The number of amides is 1. The van der Waals surface area contributed by atoms with E-state index in [9.17, 15) is 13.2 Å². The summed E-state index contributed by atoms with van der Waals surface area (Å²) in [5, 5.41) is 2.75. The zero-order valence-corrected chi connectivity index (χ0v) is 17.0. The van der Waals surface area contributed by atoms with Gasteiger partial charge in [0.1, 0.15) is 0 Å². The van der Waals surface area contributed by atoms with Crippen molar-refractivity contribution in [3.8, 4) is 0 Å². The van der Waals surface area contributed by atoms with E-state index in [1.165, 1.54) is 30.4 Å². The van der Waals surface area contributed by atoms with Gasteiger partial charge in [-0.15, -0.1) is 11.8 Å². The van der Waals surface area contributed by atoms with Crippen LogP contribution in [0.2, 0.25) is 0 Å². The molecule has 5 nitrogen and oxygen atoms in total. The number of carbonyl (C=O) groups excluding carboxylic acids is 1. The molecule has 0 bridgehead atoms. The number of aryl methyl sites for hydroxylation is 1. The molecular weight excluding hydrogens is 368 g/mol. The van der Waals surface area contributed by atoms with E-state index >= 15 is 0 Å².